The van der Waals surface area contributed by atoms with Crippen LogP contribution in [0.1, 0.15) is 0 Å². The summed E-state index contributed by atoms with van der Waals surface area (Å²) >= 11 is 0. The third-order valence-electron chi connectivity index (χ3n) is 5.43. The monoisotopic (exact) mass is 421 g/mol. The van der Waals surface area contributed by atoms with Crippen LogP contribution in [0.4, 0.5) is 26.1 Å². The second-order valence-electron chi connectivity index (χ2n) is 7.53. The molecule has 0 spiro atoms. The number of likely N-dealkylation sites (N-methyl/N-ethyl adjacent to an activating group) is 1. The highest BCUT2D eigenvalue weighted by atomic mass is 19.1. The zero-order valence-corrected chi connectivity index (χ0v) is 17.0. The van der Waals surface area contributed by atoms with E-state index in [2.05, 4.69) is 37.2 Å². The summed E-state index contributed by atoms with van der Waals surface area (Å²) in [6.07, 6.45) is 1.56. The van der Waals surface area contributed by atoms with E-state index in [0.29, 0.717) is 11.6 Å². The van der Waals surface area contributed by atoms with E-state index in [1.807, 2.05) is 24.3 Å². The lowest BCUT2D eigenvalue weighted by Gasteiger charge is -2.34. The number of halogens is 2. The average Bonchev–Trinajstić information content (AvgIpc) is 3.24. The zero-order chi connectivity index (χ0) is 21.4. The molecule has 2 aromatic carbocycles. The van der Waals surface area contributed by atoms with Gasteiger partial charge in [-0.25, -0.2) is 13.8 Å². The summed E-state index contributed by atoms with van der Waals surface area (Å²) in [6.45, 7) is 4.04. The van der Waals surface area contributed by atoms with Gasteiger partial charge in [-0.2, -0.15) is 14.6 Å². The molecule has 0 saturated carbocycles. The second-order valence-corrected chi connectivity index (χ2v) is 7.53. The Bertz CT molecular complexity index is 1190. The summed E-state index contributed by atoms with van der Waals surface area (Å²) in [6, 6.07) is 13.3. The lowest BCUT2D eigenvalue weighted by Crippen LogP contribution is -2.44. The van der Waals surface area contributed by atoms with E-state index in [1.54, 1.807) is 12.3 Å². The van der Waals surface area contributed by atoms with Gasteiger partial charge in [-0.05, 0) is 43.4 Å². The van der Waals surface area contributed by atoms with Crippen molar-refractivity contribution in [3.63, 3.8) is 0 Å². The van der Waals surface area contributed by atoms with Crippen molar-refractivity contribution in [2.24, 2.45) is 0 Å². The zero-order valence-electron chi connectivity index (χ0n) is 17.0. The van der Waals surface area contributed by atoms with Crippen molar-refractivity contribution in [3.8, 4) is 11.4 Å². The number of aromatic nitrogens is 4. The molecular weight excluding hydrogens is 400 g/mol. The molecule has 1 aliphatic heterocycles. The molecule has 0 radical (unpaired) electrons. The maximum atomic E-state index is 14.3. The standard InChI is InChI=1S/C22H21F2N7/c1-29-11-13-30(14-12-29)16-7-5-15(6-8-16)26-22-28-21(27-19-9-10-25-31(19)22)20-17(23)3-2-4-18(20)24/h2-10H,11-14H2,1H3,(H,26,27,28). The van der Waals surface area contributed by atoms with Gasteiger partial charge in [-0.15, -0.1) is 0 Å². The molecule has 1 saturated heterocycles. The first-order valence-electron chi connectivity index (χ1n) is 10.1. The van der Waals surface area contributed by atoms with Crippen LogP contribution >= 0.6 is 0 Å². The number of hydrogen-bond donors (Lipinski definition) is 1. The lowest BCUT2D eigenvalue weighted by molar-refractivity contribution is 0.313. The average molecular weight is 421 g/mol. The lowest BCUT2D eigenvalue weighted by atomic mass is 10.2. The van der Waals surface area contributed by atoms with Gasteiger partial charge < -0.3 is 15.1 Å². The molecule has 5 rings (SSSR count). The number of nitrogens with zero attached hydrogens (tertiary/aromatic N) is 6. The van der Waals surface area contributed by atoms with E-state index >= 15 is 0 Å². The molecule has 1 fully saturated rings. The van der Waals surface area contributed by atoms with E-state index in [-0.39, 0.29) is 11.4 Å². The van der Waals surface area contributed by atoms with Crippen molar-refractivity contribution in [3.05, 3.63) is 66.4 Å². The summed E-state index contributed by atoms with van der Waals surface area (Å²) in [4.78, 5) is 13.3. The Morgan fingerprint density at radius 3 is 2.29 bits per heavy atom. The highest BCUT2D eigenvalue weighted by Gasteiger charge is 2.18. The SMILES string of the molecule is CN1CCN(c2ccc(Nc3nc(-c4c(F)cccc4F)nc4ccnn34)cc2)CC1. The maximum Gasteiger partial charge on any atom is 0.232 e. The molecule has 31 heavy (non-hydrogen) atoms. The Morgan fingerprint density at radius 1 is 0.871 bits per heavy atom. The van der Waals surface area contributed by atoms with Gasteiger partial charge in [0.15, 0.2) is 11.5 Å². The Labute approximate surface area is 178 Å². The maximum absolute atomic E-state index is 14.3. The molecular formula is C22H21F2N7. The van der Waals surface area contributed by atoms with Gasteiger partial charge in [0.1, 0.15) is 11.6 Å². The van der Waals surface area contributed by atoms with E-state index in [0.717, 1.165) is 37.6 Å². The van der Waals surface area contributed by atoms with Crippen LogP contribution in [0.15, 0.2) is 54.7 Å². The first-order chi connectivity index (χ1) is 15.1. The molecule has 0 aliphatic carbocycles. The van der Waals surface area contributed by atoms with E-state index in [9.17, 15) is 8.78 Å². The smallest absolute Gasteiger partial charge is 0.232 e. The van der Waals surface area contributed by atoms with Crippen LogP contribution < -0.4 is 10.2 Å². The number of benzene rings is 2. The molecule has 0 unspecified atom stereocenters. The van der Waals surface area contributed by atoms with Crippen molar-refractivity contribution in [1.82, 2.24) is 24.5 Å². The van der Waals surface area contributed by atoms with Gasteiger partial charge in [0, 0.05) is 43.6 Å². The molecule has 0 atom stereocenters. The van der Waals surface area contributed by atoms with Crippen LogP contribution in [0.25, 0.3) is 17.0 Å². The Morgan fingerprint density at radius 2 is 1.58 bits per heavy atom. The number of nitrogens with one attached hydrogen (secondary N) is 1. The third-order valence-corrected chi connectivity index (χ3v) is 5.43. The summed E-state index contributed by atoms with van der Waals surface area (Å²) in [5, 5.41) is 7.42. The first kappa shape index (κ1) is 19.4. The fraction of sp³-hybridized carbons (Fsp3) is 0.227. The van der Waals surface area contributed by atoms with Gasteiger partial charge in [-0.3, -0.25) is 0 Å². The van der Waals surface area contributed by atoms with Crippen LogP contribution in [0.5, 0.6) is 0 Å². The van der Waals surface area contributed by atoms with Crippen molar-refractivity contribution in [2.75, 3.05) is 43.4 Å². The van der Waals surface area contributed by atoms with Crippen molar-refractivity contribution in [1.29, 1.82) is 0 Å². The Kier molecular flexibility index (Phi) is 4.95. The van der Waals surface area contributed by atoms with Gasteiger partial charge in [-0.1, -0.05) is 6.07 Å². The molecule has 4 aromatic rings. The summed E-state index contributed by atoms with van der Waals surface area (Å²) < 4.78 is 30.1. The number of fused-ring (bicyclic) bond motifs is 1. The van der Waals surface area contributed by atoms with Crippen LogP contribution in [0, 0.1) is 11.6 Å². The van der Waals surface area contributed by atoms with Gasteiger partial charge in [0.2, 0.25) is 5.95 Å². The first-order valence-corrected chi connectivity index (χ1v) is 10.1. The number of rotatable bonds is 4. The predicted octanol–water partition coefficient (Wildman–Crippen LogP) is 3.56. The van der Waals surface area contributed by atoms with Crippen molar-refractivity contribution in [2.45, 2.75) is 0 Å². The summed E-state index contributed by atoms with van der Waals surface area (Å²) in [7, 11) is 2.13. The topological polar surface area (TPSA) is 61.6 Å². The molecule has 0 amide bonds. The largest absolute Gasteiger partial charge is 0.369 e. The predicted molar refractivity (Wildman–Crippen MR) is 116 cm³/mol. The van der Waals surface area contributed by atoms with E-state index in [1.165, 1.54) is 22.7 Å². The Hall–Kier alpha value is -3.59. The molecule has 158 valence electrons. The van der Waals surface area contributed by atoms with Gasteiger partial charge in [0.05, 0.1) is 11.8 Å². The van der Waals surface area contributed by atoms with Crippen LogP contribution in [-0.4, -0.2) is 57.7 Å². The number of piperazine rings is 1. The molecule has 0 bridgehead atoms. The fourth-order valence-electron chi connectivity index (χ4n) is 3.68. The van der Waals surface area contributed by atoms with Crippen molar-refractivity contribution >= 4 is 23.0 Å². The molecule has 7 nitrogen and oxygen atoms in total. The van der Waals surface area contributed by atoms with E-state index in [4.69, 9.17) is 0 Å². The summed E-state index contributed by atoms with van der Waals surface area (Å²) in [5.41, 5.74) is 2.11. The molecule has 9 heteroatoms. The van der Waals surface area contributed by atoms with Crippen LogP contribution in [0.3, 0.4) is 0 Å². The van der Waals surface area contributed by atoms with Gasteiger partial charge in [0.25, 0.3) is 0 Å². The highest BCUT2D eigenvalue weighted by molar-refractivity contribution is 5.65. The van der Waals surface area contributed by atoms with Crippen LogP contribution in [-0.2, 0) is 0 Å². The van der Waals surface area contributed by atoms with E-state index < -0.39 is 11.6 Å². The number of hydrogen-bond acceptors (Lipinski definition) is 6. The molecule has 1 aliphatic rings. The van der Waals surface area contributed by atoms with Crippen LogP contribution in [0.2, 0.25) is 0 Å². The minimum Gasteiger partial charge on any atom is -0.369 e. The minimum absolute atomic E-state index is 0.0415. The number of anilines is 3. The summed E-state index contributed by atoms with van der Waals surface area (Å²) in [5.74, 6) is -1.15. The molecule has 2 aromatic heterocycles. The van der Waals surface area contributed by atoms with Gasteiger partial charge >= 0.3 is 0 Å². The normalized spacial score (nSPS) is 14.9. The molecule has 3 heterocycles. The third kappa shape index (κ3) is 3.79. The van der Waals surface area contributed by atoms with Crippen molar-refractivity contribution < 1.29 is 8.78 Å². The molecule has 1 N–H and O–H groups in total. The quantitative estimate of drug-likeness (QED) is 0.544. The second kappa shape index (κ2) is 7.92. The Balaban J connectivity index is 1.46. The fourth-order valence-corrected chi connectivity index (χ4v) is 3.68. The minimum atomic E-state index is -0.716. The highest BCUT2D eigenvalue weighted by Crippen LogP contribution is 2.26.